The average Bonchev–Trinajstić information content (AvgIpc) is 1.88. The molecule has 0 N–H and O–H groups in total. The van der Waals surface area contributed by atoms with Crippen LogP contribution in [-0.4, -0.2) is 10.6 Å². The van der Waals surface area contributed by atoms with Crippen molar-refractivity contribution in [3.8, 4) is 0 Å². The second kappa shape index (κ2) is 3.74. The third-order valence-electron chi connectivity index (χ3n) is 1.95. The Kier molecular flexibility index (Phi) is 3.22. The molecule has 54 valence electrons. The van der Waals surface area contributed by atoms with E-state index in [0.29, 0.717) is 5.92 Å². The van der Waals surface area contributed by atoms with Gasteiger partial charge in [0.05, 0.1) is 0 Å². The third kappa shape index (κ3) is 2.40. The summed E-state index contributed by atoms with van der Waals surface area (Å²) in [6.07, 6.45) is 3.54. The molecule has 0 heterocycles. The molecule has 0 aromatic carbocycles. The van der Waals surface area contributed by atoms with Gasteiger partial charge in [-0.3, -0.25) is 0 Å². The maximum absolute atomic E-state index is 12.6. The van der Waals surface area contributed by atoms with Gasteiger partial charge in [-0.05, 0) is 19.3 Å². The van der Waals surface area contributed by atoms with Crippen LogP contribution in [0.25, 0.3) is 0 Å². The summed E-state index contributed by atoms with van der Waals surface area (Å²) in [5, 5.41) is 0. The van der Waals surface area contributed by atoms with Gasteiger partial charge in [-0.1, -0.05) is 6.42 Å². The zero-order chi connectivity index (χ0) is 6.69. The minimum Gasteiger partial charge on any atom is -0.247 e. The molecule has 0 amide bonds. The lowest BCUT2D eigenvalue weighted by molar-refractivity contribution is -0.381. The summed E-state index contributed by atoms with van der Waals surface area (Å²) in [7, 11) is 0. The van der Waals surface area contributed by atoms with Crippen molar-refractivity contribution in [2.45, 2.75) is 31.9 Å². The van der Waals surface area contributed by atoms with Crippen molar-refractivity contribution in [2.24, 2.45) is 5.92 Å². The van der Waals surface area contributed by atoms with Gasteiger partial charge in [-0.2, -0.15) is 0 Å². The molecule has 0 aromatic rings. The molecular formula is C7H13FI+. The quantitative estimate of drug-likeness (QED) is 0.401. The third-order valence-corrected chi connectivity index (χ3v) is 3.30. The van der Waals surface area contributed by atoms with Gasteiger partial charge in [0, 0.05) is 5.92 Å². The molecule has 0 aromatic heterocycles. The Morgan fingerprint density at radius 2 is 2.22 bits per heavy atom. The highest BCUT2D eigenvalue weighted by atomic mass is 127. The fourth-order valence-electron chi connectivity index (χ4n) is 1.38. The van der Waals surface area contributed by atoms with Crippen LogP contribution < -0.4 is 22.6 Å². The minimum atomic E-state index is -0.481. The Labute approximate surface area is 69.4 Å². The van der Waals surface area contributed by atoms with Crippen molar-refractivity contribution in [1.29, 1.82) is 0 Å². The zero-order valence-electron chi connectivity index (χ0n) is 5.48. The summed E-state index contributed by atoms with van der Waals surface area (Å²) in [5.41, 5.74) is 0. The van der Waals surface area contributed by atoms with Crippen molar-refractivity contribution >= 4 is 0 Å². The normalized spacial score (nSPS) is 36.7. The van der Waals surface area contributed by atoms with Crippen molar-refractivity contribution in [1.82, 2.24) is 0 Å². The molecule has 1 unspecified atom stereocenters. The predicted molar refractivity (Wildman–Crippen MR) is 33.1 cm³/mol. The Bertz CT molecular complexity index is 85.0. The standard InChI is InChI=1S/C7H13FI/c8-7-3-1-2-6(4-7)5-9/h6-7,9H,1-5H2/q+1/t6?,7-/m1/s1. The molecule has 9 heavy (non-hydrogen) atoms. The maximum atomic E-state index is 12.6. The molecule has 0 bridgehead atoms. The SMILES string of the molecule is F[C@@H]1CCCC(C[IH+])C1. The van der Waals surface area contributed by atoms with Gasteiger partial charge in [0.2, 0.25) is 0 Å². The first-order valence-corrected chi connectivity index (χ1v) is 5.20. The molecule has 0 aliphatic heterocycles. The van der Waals surface area contributed by atoms with E-state index in [1.165, 1.54) is 10.8 Å². The summed E-state index contributed by atoms with van der Waals surface area (Å²) < 4.78 is 13.8. The van der Waals surface area contributed by atoms with Crippen LogP contribution >= 0.6 is 0 Å². The van der Waals surface area contributed by atoms with Crippen molar-refractivity contribution in [3.05, 3.63) is 0 Å². The fraction of sp³-hybridized carbons (Fsp3) is 1.00. The Morgan fingerprint density at radius 1 is 1.44 bits per heavy atom. The van der Waals surface area contributed by atoms with Crippen LogP contribution in [0.3, 0.4) is 0 Å². The number of alkyl halides is 2. The van der Waals surface area contributed by atoms with Gasteiger partial charge in [0.15, 0.2) is 0 Å². The summed E-state index contributed by atoms with van der Waals surface area (Å²) in [6.45, 7) is 0. The molecule has 1 fully saturated rings. The summed E-state index contributed by atoms with van der Waals surface area (Å²) in [5.74, 6) is 0.693. The van der Waals surface area contributed by atoms with Crippen LogP contribution in [-0.2, 0) is 0 Å². The van der Waals surface area contributed by atoms with Crippen LogP contribution in [0.15, 0.2) is 0 Å². The molecule has 1 aliphatic carbocycles. The van der Waals surface area contributed by atoms with E-state index in [2.05, 4.69) is 22.6 Å². The van der Waals surface area contributed by atoms with Gasteiger partial charge in [-0.15, -0.1) is 0 Å². The van der Waals surface area contributed by atoms with Crippen molar-refractivity contribution < 1.29 is 27.0 Å². The van der Waals surface area contributed by atoms with Crippen LogP contribution in [0.2, 0.25) is 0 Å². The lowest BCUT2D eigenvalue weighted by atomic mass is 9.90. The van der Waals surface area contributed by atoms with E-state index >= 15 is 0 Å². The molecule has 1 aliphatic rings. The van der Waals surface area contributed by atoms with Crippen molar-refractivity contribution in [2.75, 3.05) is 4.43 Å². The summed E-state index contributed by atoms with van der Waals surface area (Å²) in [4.78, 5) is 0. The Morgan fingerprint density at radius 3 is 2.67 bits per heavy atom. The first kappa shape index (κ1) is 7.76. The number of hydrogen-bond donors (Lipinski definition) is 0. The lowest BCUT2D eigenvalue weighted by Gasteiger charge is -2.19. The highest BCUT2D eigenvalue weighted by Crippen LogP contribution is 2.24. The van der Waals surface area contributed by atoms with Crippen LogP contribution in [0.5, 0.6) is 0 Å². The summed E-state index contributed by atoms with van der Waals surface area (Å²) >= 11 is 2.09. The number of halogens is 2. The summed E-state index contributed by atoms with van der Waals surface area (Å²) in [6, 6.07) is 0. The highest BCUT2D eigenvalue weighted by molar-refractivity contribution is 4.70. The molecular weight excluding hydrogens is 230 g/mol. The fourth-order valence-corrected chi connectivity index (χ4v) is 2.24. The first-order chi connectivity index (χ1) is 4.33. The van der Waals surface area contributed by atoms with E-state index in [9.17, 15) is 4.39 Å². The van der Waals surface area contributed by atoms with E-state index in [-0.39, 0.29) is 0 Å². The van der Waals surface area contributed by atoms with E-state index in [1.807, 2.05) is 0 Å². The molecule has 0 saturated heterocycles. The Balaban J connectivity index is 2.23. The predicted octanol–water partition coefficient (Wildman–Crippen LogP) is -1.20. The Hall–Kier alpha value is 0.660. The molecule has 0 radical (unpaired) electrons. The van der Waals surface area contributed by atoms with Gasteiger partial charge >= 0.3 is 0 Å². The molecule has 2 heteroatoms. The first-order valence-electron chi connectivity index (χ1n) is 3.55. The van der Waals surface area contributed by atoms with E-state index in [4.69, 9.17) is 0 Å². The second-order valence-corrected chi connectivity index (χ2v) is 3.75. The number of hydrogen-bond acceptors (Lipinski definition) is 0. The van der Waals surface area contributed by atoms with E-state index in [0.717, 1.165) is 19.3 Å². The number of rotatable bonds is 1. The molecule has 2 atom stereocenters. The average molecular weight is 243 g/mol. The van der Waals surface area contributed by atoms with E-state index < -0.39 is 6.17 Å². The largest absolute Gasteiger partial charge is 0.252 e. The zero-order valence-corrected chi connectivity index (χ0v) is 7.81. The molecule has 0 nitrogen and oxygen atoms in total. The van der Waals surface area contributed by atoms with Crippen molar-refractivity contribution in [3.63, 3.8) is 0 Å². The van der Waals surface area contributed by atoms with Crippen LogP contribution in [0.4, 0.5) is 4.39 Å². The monoisotopic (exact) mass is 243 g/mol. The minimum absolute atomic E-state index is 0.481. The van der Waals surface area contributed by atoms with Gasteiger partial charge in [0.25, 0.3) is 22.6 Å². The van der Waals surface area contributed by atoms with Gasteiger partial charge in [-0.25, -0.2) is 4.39 Å². The highest BCUT2D eigenvalue weighted by Gasteiger charge is 2.22. The smallest absolute Gasteiger partial charge is 0.247 e. The molecule has 0 spiro atoms. The van der Waals surface area contributed by atoms with Crippen LogP contribution in [0.1, 0.15) is 25.7 Å². The maximum Gasteiger partial charge on any atom is 0.252 e. The molecule has 1 saturated carbocycles. The van der Waals surface area contributed by atoms with Gasteiger partial charge in [0.1, 0.15) is 10.6 Å². The van der Waals surface area contributed by atoms with Crippen LogP contribution in [0, 0.1) is 5.92 Å². The topological polar surface area (TPSA) is 0 Å². The second-order valence-electron chi connectivity index (χ2n) is 2.80. The van der Waals surface area contributed by atoms with Gasteiger partial charge < -0.3 is 0 Å². The lowest BCUT2D eigenvalue weighted by Crippen LogP contribution is -3.36. The molecule has 1 rings (SSSR count). The van der Waals surface area contributed by atoms with E-state index in [1.54, 1.807) is 0 Å².